The van der Waals surface area contributed by atoms with Crippen LogP contribution in [0.2, 0.25) is 0 Å². The molecule has 0 fully saturated rings. The van der Waals surface area contributed by atoms with Gasteiger partial charge in [0.25, 0.3) is 0 Å². The molecule has 0 aliphatic heterocycles. The van der Waals surface area contributed by atoms with Crippen LogP contribution in [0.3, 0.4) is 0 Å². The van der Waals surface area contributed by atoms with E-state index in [2.05, 4.69) is 27.2 Å². The van der Waals surface area contributed by atoms with Gasteiger partial charge < -0.3 is 0 Å². The summed E-state index contributed by atoms with van der Waals surface area (Å²) >= 11 is 0. The minimum Gasteiger partial charge on any atom is -0.0654 e. The van der Waals surface area contributed by atoms with Gasteiger partial charge in [-0.2, -0.15) is 0 Å². The van der Waals surface area contributed by atoms with E-state index in [0.717, 1.165) is 5.92 Å². The van der Waals surface area contributed by atoms with Crippen LogP contribution in [0.4, 0.5) is 0 Å². The average molecular weight is 282 g/mol. The van der Waals surface area contributed by atoms with Gasteiger partial charge in [-0.15, -0.1) is 0 Å². The predicted octanol–water partition coefficient (Wildman–Crippen LogP) is 7.72. The Morgan fingerprint density at radius 1 is 0.650 bits per heavy atom. The molecule has 0 saturated heterocycles. The molecule has 1 radical (unpaired) electrons. The smallest absolute Gasteiger partial charge is 0.0417 e. The number of rotatable bonds is 16. The third-order valence-corrected chi connectivity index (χ3v) is 4.49. The Kier molecular flexibility index (Phi) is 17.1. The molecular formula is C20H41. The van der Waals surface area contributed by atoms with E-state index in [0.29, 0.717) is 0 Å². The van der Waals surface area contributed by atoms with Gasteiger partial charge in [-0.3, -0.25) is 0 Å². The van der Waals surface area contributed by atoms with Gasteiger partial charge in [0, 0.05) is 0 Å². The van der Waals surface area contributed by atoms with E-state index in [1.54, 1.807) is 0 Å². The largest absolute Gasteiger partial charge is 0.0654 e. The molecule has 1 atom stereocenters. The van der Waals surface area contributed by atoms with Crippen LogP contribution in [0.25, 0.3) is 0 Å². The number of unbranched alkanes of at least 4 members (excludes halogenated alkanes) is 12. The summed E-state index contributed by atoms with van der Waals surface area (Å²) in [4.78, 5) is 0. The van der Waals surface area contributed by atoms with Gasteiger partial charge in [0.2, 0.25) is 0 Å². The van der Waals surface area contributed by atoms with Crippen LogP contribution in [0.5, 0.6) is 0 Å². The molecule has 0 aromatic heterocycles. The third-order valence-electron chi connectivity index (χ3n) is 4.49. The molecule has 0 N–H and O–H groups in total. The average Bonchev–Trinajstić information content (AvgIpc) is 2.45. The molecule has 0 amide bonds. The normalized spacial score (nSPS) is 11.4. The molecule has 0 rings (SSSR count). The lowest BCUT2D eigenvalue weighted by molar-refractivity contribution is 0.431. The maximum absolute atomic E-state index is 2.46. The van der Waals surface area contributed by atoms with Gasteiger partial charge in [0.05, 0.1) is 0 Å². The molecule has 0 bridgehead atoms. The minimum atomic E-state index is 0.967. The van der Waals surface area contributed by atoms with Gasteiger partial charge in [0.15, 0.2) is 0 Å². The highest BCUT2D eigenvalue weighted by Gasteiger charge is 2.02. The number of hydrogen-bond donors (Lipinski definition) is 0. The molecular weight excluding hydrogens is 240 g/mol. The zero-order valence-electron chi connectivity index (χ0n) is 14.8. The monoisotopic (exact) mass is 281 g/mol. The fraction of sp³-hybridized carbons (Fsp3) is 0.950. The number of hydrogen-bond acceptors (Lipinski definition) is 0. The van der Waals surface area contributed by atoms with E-state index in [9.17, 15) is 0 Å². The van der Waals surface area contributed by atoms with E-state index in [-0.39, 0.29) is 0 Å². The first-order valence-corrected chi connectivity index (χ1v) is 9.59. The zero-order valence-corrected chi connectivity index (χ0v) is 14.8. The summed E-state index contributed by atoms with van der Waals surface area (Å²) in [5.41, 5.74) is 0. The van der Waals surface area contributed by atoms with Crippen molar-refractivity contribution in [2.24, 2.45) is 5.92 Å². The van der Waals surface area contributed by atoms with Gasteiger partial charge >= 0.3 is 0 Å². The standard InChI is InChI=1S/C20H41/c1-4-6-8-10-12-14-16-18-20(3)19-17-15-13-11-9-7-5-2/h4,20H,5-19H2,1-3H3. The topological polar surface area (TPSA) is 0 Å². The summed E-state index contributed by atoms with van der Waals surface area (Å²) in [6, 6.07) is 0. The lowest BCUT2D eigenvalue weighted by Crippen LogP contribution is -1.95. The summed E-state index contributed by atoms with van der Waals surface area (Å²) in [6.45, 7) is 6.93. The van der Waals surface area contributed by atoms with E-state index in [1.165, 1.54) is 96.3 Å². The van der Waals surface area contributed by atoms with Crippen molar-refractivity contribution < 1.29 is 0 Å². The van der Waals surface area contributed by atoms with E-state index in [1.807, 2.05) is 0 Å². The molecule has 0 aromatic carbocycles. The van der Waals surface area contributed by atoms with Crippen molar-refractivity contribution in [3.05, 3.63) is 6.42 Å². The molecule has 20 heavy (non-hydrogen) atoms. The van der Waals surface area contributed by atoms with Crippen molar-refractivity contribution in [1.29, 1.82) is 0 Å². The first kappa shape index (κ1) is 20.0. The van der Waals surface area contributed by atoms with Crippen LogP contribution in [-0.2, 0) is 0 Å². The second kappa shape index (κ2) is 17.1. The quantitative estimate of drug-likeness (QED) is 0.254. The second-order valence-electron chi connectivity index (χ2n) is 6.77. The van der Waals surface area contributed by atoms with Crippen molar-refractivity contribution in [3.8, 4) is 0 Å². The molecule has 0 heterocycles. The van der Waals surface area contributed by atoms with Gasteiger partial charge in [-0.05, 0) is 12.3 Å². The first-order chi connectivity index (χ1) is 9.81. The summed E-state index contributed by atoms with van der Waals surface area (Å²) in [5, 5.41) is 0. The Bertz CT molecular complexity index is 143. The molecule has 0 nitrogen and oxygen atoms in total. The molecule has 1 unspecified atom stereocenters. The lowest BCUT2D eigenvalue weighted by atomic mass is 9.96. The van der Waals surface area contributed by atoms with Crippen molar-refractivity contribution in [2.45, 2.75) is 117 Å². The Morgan fingerprint density at radius 2 is 1.10 bits per heavy atom. The Morgan fingerprint density at radius 3 is 1.60 bits per heavy atom. The molecule has 0 saturated carbocycles. The van der Waals surface area contributed by atoms with Gasteiger partial charge in [-0.25, -0.2) is 0 Å². The maximum atomic E-state index is 2.46. The molecule has 0 spiro atoms. The van der Waals surface area contributed by atoms with Crippen molar-refractivity contribution >= 4 is 0 Å². The van der Waals surface area contributed by atoms with Gasteiger partial charge in [-0.1, -0.05) is 117 Å². The Hall–Kier alpha value is 0. The minimum absolute atomic E-state index is 0.967. The van der Waals surface area contributed by atoms with Crippen molar-refractivity contribution in [1.82, 2.24) is 0 Å². The summed E-state index contributed by atoms with van der Waals surface area (Å²) in [5.74, 6) is 0.967. The van der Waals surface area contributed by atoms with Crippen LogP contribution in [0.1, 0.15) is 117 Å². The fourth-order valence-electron chi connectivity index (χ4n) is 2.97. The highest BCUT2D eigenvalue weighted by Crippen LogP contribution is 2.18. The third kappa shape index (κ3) is 16.1. The summed E-state index contributed by atoms with van der Waals surface area (Å²) in [7, 11) is 0. The SMILES string of the molecule is C[CH]CCCCCCCC(C)CCCCCCCCC. The van der Waals surface area contributed by atoms with Gasteiger partial charge in [0.1, 0.15) is 0 Å². The van der Waals surface area contributed by atoms with Crippen molar-refractivity contribution in [2.75, 3.05) is 0 Å². The molecule has 0 aliphatic rings. The Balaban J connectivity index is 3.11. The maximum Gasteiger partial charge on any atom is -0.0417 e. The first-order valence-electron chi connectivity index (χ1n) is 9.59. The van der Waals surface area contributed by atoms with Crippen LogP contribution in [0.15, 0.2) is 0 Å². The predicted molar refractivity (Wildman–Crippen MR) is 94.1 cm³/mol. The zero-order chi connectivity index (χ0) is 14.9. The summed E-state index contributed by atoms with van der Waals surface area (Å²) in [6.07, 6.45) is 23.9. The van der Waals surface area contributed by atoms with E-state index in [4.69, 9.17) is 0 Å². The Labute approximate surface area is 130 Å². The summed E-state index contributed by atoms with van der Waals surface area (Å²) < 4.78 is 0. The highest BCUT2D eigenvalue weighted by molar-refractivity contribution is 4.57. The second-order valence-corrected chi connectivity index (χ2v) is 6.77. The van der Waals surface area contributed by atoms with E-state index >= 15 is 0 Å². The molecule has 0 heteroatoms. The fourth-order valence-corrected chi connectivity index (χ4v) is 2.97. The van der Waals surface area contributed by atoms with Crippen LogP contribution in [0, 0.1) is 12.3 Å². The van der Waals surface area contributed by atoms with Crippen molar-refractivity contribution in [3.63, 3.8) is 0 Å². The van der Waals surface area contributed by atoms with Crippen LogP contribution in [-0.4, -0.2) is 0 Å². The van der Waals surface area contributed by atoms with Crippen LogP contribution >= 0.6 is 0 Å². The molecule has 0 aliphatic carbocycles. The molecule has 121 valence electrons. The lowest BCUT2D eigenvalue weighted by Gasteiger charge is -2.11. The van der Waals surface area contributed by atoms with E-state index < -0.39 is 0 Å². The highest BCUT2D eigenvalue weighted by atomic mass is 14.1. The molecule has 0 aromatic rings. The van der Waals surface area contributed by atoms with Crippen LogP contribution < -0.4 is 0 Å².